The normalized spacial score (nSPS) is 26.4. The summed E-state index contributed by atoms with van der Waals surface area (Å²) >= 11 is 0. The Morgan fingerprint density at radius 3 is 2.93 bits per heavy atom. The van der Waals surface area contributed by atoms with Crippen molar-refractivity contribution in [2.45, 2.75) is 44.2 Å². The Morgan fingerprint density at radius 2 is 2.36 bits per heavy atom. The molecule has 1 aliphatic rings. The van der Waals surface area contributed by atoms with E-state index in [0.29, 0.717) is 18.9 Å². The number of amides is 1. The minimum atomic E-state index is 0.0424. The van der Waals surface area contributed by atoms with Crippen LogP contribution in [-0.4, -0.2) is 36.9 Å². The van der Waals surface area contributed by atoms with Gasteiger partial charge in [0.25, 0.3) is 0 Å². The number of carbonyl (C=O) groups is 1. The largest absolute Gasteiger partial charge is 0.396 e. The summed E-state index contributed by atoms with van der Waals surface area (Å²) in [5.41, 5.74) is 0. The molecule has 1 saturated carbocycles. The second kappa shape index (κ2) is 5.98. The lowest BCUT2D eigenvalue weighted by atomic mass is 10.2. The van der Waals surface area contributed by atoms with Gasteiger partial charge < -0.3 is 15.2 Å². The number of aliphatic hydroxyl groups is 1. The van der Waals surface area contributed by atoms with E-state index in [2.05, 4.69) is 5.32 Å². The highest BCUT2D eigenvalue weighted by molar-refractivity contribution is 5.76. The van der Waals surface area contributed by atoms with E-state index in [-0.39, 0.29) is 18.6 Å². The summed E-state index contributed by atoms with van der Waals surface area (Å²) < 4.78 is 5.21. The highest BCUT2D eigenvalue weighted by Gasteiger charge is 2.25. The molecule has 0 spiro atoms. The smallest absolute Gasteiger partial charge is 0.220 e. The summed E-state index contributed by atoms with van der Waals surface area (Å²) in [5.74, 6) is 0.0424. The van der Waals surface area contributed by atoms with Gasteiger partial charge in [0.1, 0.15) is 0 Å². The molecule has 1 rings (SSSR count). The summed E-state index contributed by atoms with van der Waals surface area (Å²) in [4.78, 5) is 11.3. The van der Waals surface area contributed by atoms with Crippen LogP contribution >= 0.6 is 0 Å². The number of hydrogen-bond acceptors (Lipinski definition) is 3. The molecule has 1 aliphatic carbocycles. The number of methoxy groups -OCH3 is 1. The number of hydrogen-bond donors (Lipinski definition) is 2. The Bertz CT molecular complexity index is 184. The summed E-state index contributed by atoms with van der Waals surface area (Å²) in [6, 6.07) is 0.270. The van der Waals surface area contributed by atoms with E-state index >= 15 is 0 Å². The van der Waals surface area contributed by atoms with Crippen LogP contribution in [0.25, 0.3) is 0 Å². The molecular formula is C10H19NO3. The van der Waals surface area contributed by atoms with Gasteiger partial charge in [-0.05, 0) is 25.7 Å². The van der Waals surface area contributed by atoms with Crippen LogP contribution < -0.4 is 5.32 Å². The Kier molecular flexibility index (Phi) is 4.90. The summed E-state index contributed by atoms with van der Waals surface area (Å²) in [6.45, 7) is 0.0821. The molecule has 4 heteroatoms. The molecule has 1 amide bonds. The zero-order chi connectivity index (χ0) is 10.4. The Hall–Kier alpha value is -0.610. The third-order valence-electron chi connectivity index (χ3n) is 2.64. The van der Waals surface area contributed by atoms with Crippen LogP contribution in [0.2, 0.25) is 0 Å². The average molecular weight is 201 g/mol. The van der Waals surface area contributed by atoms with Crippen molar-refractivity contribution in [3.05, 3.63) is 0 Å². The van der Waals surface area contributed by atoms with Gasteiger partial charge in [0, 0.05) is 26.2 Å². The van der Waals surface area contributed by atoms with Gasteiger partial charge in [-0.25, -0.2) is 0 Å². The lowest BCUT2D eigenvalue weighted by Gasteiger charge is -2.12. The van der Waals surface area contributed by atoms with Crippen molar-refractivity contribution in [2.24, 2.45) is 0 Å². The van der Waals surface area contributed by atoms with E-state index in [1.54, 1.807) is 7.11 Å². The molecular weight excluding hydrogens is 182 g/mol. The average Bonchev–Trinajstić information content (AvgIpc) is 2.62. The van der Waals surface area contributed by atoms with E-state index in [0.717, 1.165) is 19.3 Å². The first-order valence-electron chi connectivity index (χ1n) is 5.19. The molecule has 0 bridgehead atoms. The molecule has 2 unspecified atom stereocenters. The minimum absolute atomic E-state index is 0.0424. The fraction of sp³-hybridized carbons (Fsp3) is 0.900. The van der Waals surface area contributed by atoms with Gasteiger partial charge in [-0.15, -0.1) is 0 Å². The number of nitrogens with one attached hydrogen (secondary N) is 1. The fourth-order valence-electron chi connectivity index (χ4n) is 1.82. The molecule has 0 heterocycles. The van der Waals surface area contributed by atoms with Gasteiger partial charge in [0.05, 0.1) is 6.10 Å². The maximum absolute atomic E-state index is 11.3. The van der Waals surface area contributed by atoms with Crippen molar-refractivity contribution < 1.29 is 14.6 Å². The van der Waals surface area contributed by atoms with Crippen LogP contribution in [0.15, 0.2) is 0 Å². The maximum Gasteiger partial charge on any atom is 0.220 e. The van der Waals surface area contributed by atoms with Crippen LogP contribution in [0.4, 0.5) is 0 Å². The van der Waals surface area contributed by atoms with Crippen molar-refractivity contribution >= 4 is 5.91 Å². The predicted octanol–water partition coefficient (Wildman–Crippen LogP) is 0.443. The SMILES string of the molecule is COC1CCC(NC(=O)CCCO)C1. The van der Waals surface area contributed by atoms with E-state index < -0.39 is 0 Å². The molecule has 14 heavy (non-hydrogen) atoms. The molecule has 2 atom stereocenters. The molecule has 82 valence electrons. The molecule has 0 radical (unpaired) electrons. The minimum Gasteiger partial charge on any atom is -0.396 e. The van der Waals surface area contributed by atoms with Gasteiger partial charge >= 0.3 is 0 Å². The molecule has 4 nitrogen and oxygen atoms in total. The first kappa shape index (κ1) is 11.5. The first-order valence-corrected chi connectivity index (χ1v) is 5.19. The fourth-order valence-corrected chi connectivity index (χ4v) is 1.82. The van der Waals surface area contributed by atoms with Crippen molar-refractivity contribution in [2.75, 3.05) is 13.7 Å². The number of aliphatic hydroxyl groups excluding tert-OH is 1. The summed E-state index contributed by atoms with van der Waals surface area (Å²) in [7, 11) is 1.71. The van der Waals surface area contributed by atoms with Gasteiger partial charge in [-0.3, -0.25) is 4.79 Å². The Labute approximate surface area is 84.6 Å². The van der Waals surface area contributed by atoms with E-state index in [1.807, 2.05) is 0 Å². The molecule has 0 aromatic carbocycles. The molecule has 0 aromatic rings. The standard InChI is InChI=1S/C10H19NO3/c1-14-9-5-4-8(7-9)11-10(13)3-2-6-12/h8-9,12H,2-7H2,1H3,(H,11,13). The van der Waals surface area contributed by atoms with Crippen molar-refractivity contribution in [1.82, 2.24) is 5.32 Å². The molecule has 1 fully saturated rings. The van der Waals surface area contributed by atoms with Crippen molar-refractivity contribution in [3.8, 4) is 0 Å². The predicted molar refractivity (Wildman–Crippen MR) is 52.9 cm³/mol. The lowest BCUT2D eigenvalue weighted by molar-refractivity contribution is -0.122. The van der Waals surface area contributed by atoms with Gasteiger partial charge in [-0.1, -0.05) is 0 Å². The van der Waals surface area contributed by atoms with Crippen molar-refractivity contribution in [3.63, 3.8) is 0 Å². The quantitative estimate of drug-likeness (QED) is 0.678. The highest BCUT2D eigenvalue weighted by atomic mass is 16.5. The van der Waals surface area contributed by atoms with Gasteiger partial charge in [0.2, 0.25) is 5.91 Å². The first-order chi connectivity index (χ1) is 6.76. The summed E-state index contributed by atoms with van der Waals surface area (Å²) in [5, 5.41) is 11.5. The van der Waals surface area contributed by atoms with Crippen LogP contribution in [0.3, 0.4) is 0 Å². The number of carbonyl (C=O) groups excluding carboxylic acids is 1. The second-order valence-corrected chi connectivity index (χ2v) is 3.76. The Balaban J connectivity index is 2.15. The van der Waals surface area contributed by atoms with Crippen LogP contribution in [-0.2, 0) is 9.53 Å². The lowest BCUT2D eigenvalue weighted by Crippen LogP contribution is -2.33. The topological polar surface area (TPSA) is 58.6 Å². The monoisotopic (exact) mass is 201 g/mol. The molecule has 0 aromatic heterocycles. The van der Waals surface area contributed by atoms with Crippen LogP contribution in [0.5, 0.6) is 0 Å². The number of rotatable bonds is 5. The summed E-state index contributed by atoms with van der Waals surface area (Å²) in [6.07, 6.45) is 4.22. The van der Waals surface area contributed by atoms with Gasteiger partial charge in [-0.2, -0.15) is 0 Å². The number of ether oxygens (including phenoxy) is 1. The third kappa shape index (κ3) is 3.64. The third-order valence-corrected chi connectivity index (χ3v) is 2.64. The highest BCUT2D eigenvalue weighted by Crippen LogP contribution is 2.21. The van der Waals surface area contributed by atoms with E-state index in [9.17, 15) is 4.79 Å². The van der Waals surface area contributed by atoms with Crippen LogP contribution in [0, 0.1) is 0 Å². The van der Waals surface area contributed by atoms with E-state index in [4.69, 9.17) is 9.84 Å². The van der Waals surface area contributed by atoms with Crippen molar-refractivity contribution in [1.29, 1.82) is 0 Å². The zero-order valence-corrected chi connectivity index (χ0v) is 8.66. The molecule has 0 aliphatic heterocycles. The van der Waals surface area contributed by atoms with Gasteiger partial charge in [0.15, 0.2) is 0 Å². The Morgan fingerprint density at radius 1 is 1.57 bits per heavy atom. The van der Waals surface area contributed by atoms with Crippen LogP contribution in [0.1, 0.15) is 32.1 Å². The molecule has 2 N–H and O–H groups in total. The second-order valence-electron chi connectivity index (χ2n) is 3.76. The maximum atomic E-state index is 11.3. The molecule has 0 saturated heterocycles. The van der Waals surface area contributed by atoms with E-state index in [1.165, 1.54) is 0 Å². The zero-order valence-electron chi connectivity index (χ0n) is 8.66.